The summed E-state index contributed by atoms with van der Waals surface area (Å²) >= 11 is 0. The van der Waals surface area contributed by atoms with Crippen LogP contribution >= 0.6 is 0 Å². The van der Waals surface area contributed by atoms with Crippen LogP contribution in [0.2, 0.25) is 18.1 Å². The topological polar surface area (TPSA) is 87.7 Å². The molecule has 0 spiro atoms. The molecule has 0 aliphatic carbocycles. The molecule has 0 saturated carbocycles. The van der Waals surface area contributed by atoms with Crippen molar-refractivity contribution in [3.05, 3.63) is 64.7 Å². The number of phenols is 1. The summed E-state index contributed by atoms with van der Waals surface area (Å²) < 4.78 is 6.81. The van der Waals surface area contributed by atoms with Gasteiger partial charge in [-0.2, -0.15) is 0 Å². The van der Waals surface area contributed by atoms with Gasteiger partial charge in [0.15, 0.2) is 8.32 Å². The Morgan fingerprint density at radius 3 is 2.28 bits per heavy atom. The maximum Gasteiger partial charge on any atom is 0.192 e. The molecule has 2 aromatic rings. The Balaban J connectivity index is 2.25. The number of nitrogens with two attached hydrogens (primary N) is 1. The Morgan fingerprint density at radius 2 is 1.69 bits per heavy atom. The highest BCUT2D eigenvalue weighted by molar-refractivity contribution is 6.74. The number of rotatable bonds is 10. The number of nitrogens with one attached hydrogen (secondary N) is 1. The van der Waals surface area contributed by atoms with Gasteiger partial charge in [-0.25, -0.2) is 0 Å². The molecular weight excluding hydrogens is 416 g/mol. The molecule has 2 aromatic carbocycles. The number of hydrogen-bond donors (Lipinski definition) is 4. The monoisotopic (exact) mass is 458 g/mol. The van der Waals surface area contributed by atoms with Crippen molar-refractivity contribution in [1.29, 1.82) is 0 Å². The van der Waals surface area contributed by atoms with Crippen molar-refractivity contribution in [2.75, 3.05) is 6.54 Å². The van der Waals surface area contributed by atoms with Gasteiger partial charge >= 0.3 is 0 Å². The Morgan fingerprint density at radius 1 is 1.03 bits per heavy atom. The van der Waals surface area contributed by atoms with E-state index >= 15 is 0 Å². The first-order valence-electron chi connectivity index (χ1n) is 11.4. The van der Waals surface area contributed by atoms with Crippen LogP contribution in [0.3, 0.4) is 0 Å². The summed E-state index contributed by atoms with van der Waals surface area (Å²) in [7, 11) is -2.05. The van der Waals surface area contributed by atoms with Crippen molar-refractivity contribution < 1.29 is 14.6 Å². The van der Waals surface area contributed by atoms with E-state index in [1.54, 1.807) is 6.07 Å². The van der Waals surface area contributed by atoms with Gasteiger partial charge in [0.2, 0.25) is 0 Å². The molecule has 178 valence electrons. The second-order valence-electron chi connectivity index (χ2n) is 10.9. The average Bonchev–Trinajstić information content (AvgIpc) is 2.70. The number of aliphatic hydroxyl groups excluding tert-OH is 1. The van der Waals surface area contributed by atoms with E-state index in [1.807, 2.05) is 12.1 Å². The van der Waals surface area contributed by atoms with Crippen molar-refractivity contribution in [2.45, 2.75) is 84.0 Å². The van der Waals surface area contributed by atoms with E-state index in [2.05, 4.69) is 77.3 Å². The fourth-order valence-electron chi connectivity index (χ4n) is 3.50. The molecule has 5 N–H and O–H groups in total. The number of aliphatic hydroxyl groups is 1. The molecule has 0 amide bonds. The molecule has 6 heteroatoms. The minimum Gasteiger partial charge on any atom is -0.508 e. The summed E-state index contributed by atoms with van der Waals surface area (Å²) in [6.45, 7) is 16.5. The SMILES string of the molecule is CC(C)(Cc1cccc(CN)c1)NC[C@H](O[Si](C)(C)C(C)(C)C)c1ccc(O)c(CO)c1. The number of aromatic hydroxyl groups is 1. The fourth-order valence-corrected chi connectivity index (χ4v) is 4.78. The average molecular weight is 459 g/mol. The quantitative estimate of drug-likeness (QED) is 0.376. The van der Waals surface area contributed by atoms with Gasteiger partial charge in [-0.1, -0.05) is 51.1 Å². The molecule has 1 atom stereocenters. The fraction of sp³-hybridized carbons (Fsp3) is 0.538. The molecular formula is C26H42N2O3Si. The van der Waals surface area contributed by atoms with Crippen molar-refractivity contribution in [1.82, 2.24) is 5.32 Å². The molecule has 2 rings (SSSR count). The molecule has 0 radical (unpaired) electrons. The van der Waals surface area contributed by atoms with Gasteiger partial charge < -0.3 is 25.7 Å². The predicted octanol–water partition coefficient (Wildman–Crippen LogP) is 5.02. The summed E-state index contributed by atoms with van der Waals surface area (Å²) in [6, 6.07) is 13.8. The van der Waals surface area contributed by atoms with Crippen molar-refractivity contribution in [2.24, 2.45) is 5.73 Å². The van der Waals surface area contributed by atoms with E-state index in [1.165, 1.54) is 5.56 Å². The Hall–Kier alpha value is -1.70. The molecule has 0 aromatic heterocycles. The number of hydrogen-bond acceptors (Lipinski definition) is 5. The van der Waals surface area contributed by atoms with Crippen LogP contribution in [0.15, 0.2) is 42.5 Å². The normalized spacial score (nSPS) is 13.9. The van der Waals surface area contributed by atoms with Crippen LogP contribution in [0.4, 0.5) is 0 Å². The highest BCUT2D eigenvalue weighted by atomic mass is 28.4. The molecule has 0 aliphatic rings. The van der Waals surface area contributed by atoms with Gasteiger partial charge in [-0.15, -0.1) is 0 Å². The summed E-state index contributed by atoms with van der Waals surface area (Å²) in [5, 5.41) is 23.4. The van der Waals surface area contributed by atoms with Gasteiger partial charge in [-0.05, 0) is 67.2 Å². The lowest BCUT2D eigenvalue weighted by Gasteiger charge is -2.40. The summed E-state index contributed by atoms with van der Waals surface area (Å²) in [4.78, 5) is 0. The van der Waals surface area contributed by atoms with E-state index in [-0.39, 0.29) is 29.0 Å². The zero-order valence-corrected chi connectivity index (χ0v) is 21.8. The van der Waals surface area contributed by atoms with Crippen LogP contribution in [-0.2, 0) is 24.0 Å². The smallest absolute Gasteiger partial charge is 0.192 e. The van der Waals surface area contributed by atoms with E-state index in [0.717, 1.165) is 17.5 Å². The van der Waals surface area contributed by atoms with Gasteiger partial charge in [-0.3, -0.25) is 0 Å². The summed E-state index contributed by atoms with van der Waals surface area (Å²) in [5.74, 6) is 0.107. The number of benzene rings is 2. The van der Waals surface area contributed by atoms with Crippen molar-refractivity contribution in [3.8, 4) is 5.75 Å². The van der Waals surface area contributed by atoms with Crippen LogP contribution in [0.5, 0.6) is 5.75 Å². The van der Waals surface area contributed by atoms with Crippen LogP contribution in [-0.4, -0.2) is 30.6 Å². The van der Waals surface area contributed by atoms with E-state index in [4.69, 9.17) is 10.2 Å². The van der Waals surface area contributed by atoms with Gasteiger partial charge in [0.05, 0.1) is 12.7 Å². The first-order valence-corrected chi connectivity index (χ1v) is 14.3. The van der Waals surface area contributed by atoms with Crippen LogP contribution < -0.4 is 11.1 Å². The second-order valence-corrected chi connectivity index (χ2v) is 15.6. The lowest BCUT2D eigenvalue weighted by molar-refractivity contribution is 0.166. The van der Waals surface area contributed by atoms with E-state index < -0.39 is 8.32 Å². The van der Waals surface area contributed by atoms with Crippen LogP contribution in [0.1, 0.15) is 63.0 Å². The highest BCUT2D eigenvalue weighted by Gasteiger charge is 2.39. The predicted molar refractivity (Wildman–Crippen MR) is 135 cm³/mol. The van der Waals surface area contributed by atoms with Crippen molar-refractivity contribution >= 4 is 8.32 Å². The molecule has 32 heavy (non-hydrogen) atoms. The first kappa shape index (κ1) is 26.5. The minimum atomic E-state index is -2.05. The Labute approximate surface area is 195 Å². The third-order valence-corrected chi connectivity index (χ3v) is 11.0. The minimum absolute atomic E-state index is 0.0696. The zero-order chi connectivity index (χ0) is 24.2. The van der Waals surface area contributed by atoms with Gasteiger partial charge in [0, 0.05) is 24.2 Å². The molecule has 0 saturated heterocycles. The maximum absolute atomic E-state index is 10.0. The second kappa shape index (κ2) is 10.5. The standard InChI is InChI=1S/C26H42N2O3Si/c1-25(2,3)32(6,7)31-24(21-11-12-23(30)22(14-21)18-29)17-28-26(4,5)15-19-9-8-10-20(13-19)16-27/h8-14,24,28-30H,15-18,27H2,1-7H3/t24-/m0/s1. The lowest BCUT2D eigenvalue weighted by Crippen LogP contribution is -2.47. The molecule has 0 bridgehead atoms. The largest absolute Gasteiger partial charge is 0.508 e. The van der Waals surface area contributed by atoms with Crippen LogP contribution in [0.25, 0.3) is 0 Å². The first-order chi connectivity index (χ1) is 14.8. The summed E-state index contributed by atoms with van der Waals surface area (Å²) in [6.07, 6.45) is 0.682. The zero-order valence-electron chi connectivity index (χ0n) is 20.8. The molecule has 0 heterocycles. The van der Waals surface area contributed by atoms with E-state index in [0.29, 0.717) is 18.7 Å². The van der Waals surface area contributed by atoms with Crippen LogP contribution in [0, 0.1) is 0 Å². The highest BCUT2D eigenvalue weighted by Crippen LogP contribution is 2.40. The summed E-state index contributed by atoms with van der Waals surface area (Å²) in [5.41, 5.74) is 9.52. The Kier molecular flexibility index (Phi) is 8.70. The van der Waals surface area contributed by atoms with Crippen molar-refractivity contribution in [3.63, 3.8) is 0 Å². The van der Waals surface area contributed by atoms with E-state index in [9.17, 15) is 10.2 Å². The van der Waals surface area contributed by atoms with Gasteiger partial charge in [0.1, 0.15) is 5.75 Å². The molecule has 0 fully saturated rings. The third-order valence-electron chi connectivity index (χ3n) is 6.53. The maximum atomic E-state index is 10.0. The molecule has 0 unspecified atom stereocenters. The van der Waals surface area contributed by atoms with Gasteiger partial charge in [0.25, 0.3) is 0 Å². The molecule has 0 aliphatic heterocycles. The molecule has 5 nitrogen and oxygen atoms in total. The Bertz CT molecular complexity index is 891. The third kappa shape index (κ3) is 7.15. The lowest BCUT2D eigenvalue weighted by atomic mass is 9.93.